The molecule has 1 atom stereocenters. The zero-order valence-corrected chi connectivity index (χ0v) is 11.1. The molecule has 1 rings (SSSR count). The fourth-order valence-corrected chi connectivity index (χ4v) is 2.14. The van der Waals surface area contributed by atoms with E-state index in [9.17, 15) is 9.59 Å². The van der Waals surface area contributed by atoms with Gasteiger partial charge in [-0.25, -0.2) is 9.78 Å². The lowest BCUT2D eigenvalue weighted by Gasteiger charge is -2.08. The van der Waals surface area contributed by atoms with Crippen molar-refractivity contribution >= 4 is 23.7 Å². The molecule has 0 radical (unpaired) electrons. The van der Waals surface area contributed by atoms with Crippen molar-refractivity contribution in [3.63, 3.8) is 0 Å². The lowest BCUT2D eigenvalue weighted by Crippen LogP contribution is -2.13. The van der Waals surface area contributed by atoms with Gasteiger partial charge in [-0.1, -0.05) is 6.92 Å². The summed E-state index contributed by atoms with van der Waals surface area (Å²) in [5.41, 5.74) is 0.377. The second-order valence-electron chi connectivity index (χ2n) is 3.63. The van der Waals surface area contributed by atoms with Gasteiger partial charge in [-0.05, 0) is 19.1 Å². The number of thioether (sulfide) groups is 1. The molecular formula is C12H15NO4S. The van der Waals surface area contributed by atoms with Crippen LogP contribution in [0.15, 0.2) is 23.4 Å². The molecule has 0 aliphatic rings. The van der Waals surface area contributed by atoms with Crippen LogP contribution in [0.1, 0.15) is 24.2 Å². The van der Waals surface area contributed by atoms with Gasteiger partial charge >= 0.3 is 11.9 Å². The van der Waals surface area contributed by atoms with Crippen molar-refractivity contribution in [1.29, 1.82) is 0 Å². The van der Waals surface area contributed by atoms with Gasteiger partial charge in [0.05, 0.1) is 18.1 Å². The van der Waals surface area contributed by atoms with Crippen LogP contribution in [0.25, 0.3) is 0 Å². The number of carboxylic acids is 1. The van der Waals surface area contributed by atoms with Crippen molar-refractivity contribution in [2.75, 3.05) is 12.4 Å². The second kappa shape index (κ2) is 7.00. The first-order valence-electron chi connectivity index (χ1n) is 5.54. The molecule has 1 unspecified atom stereocenters. The molecule has 5 nitrogen and oxygen atoms in total. The Balaban J connectivity index is 2.76. The molecule has 0 saturated carbocycles. The standard InChI is InChI=1S/C12H15NO4S/c1-3-17-12(16)9-5-4-6-13-10(9)18-7-8(2)11(14)15/h4-6,8H,3,7H2,1-2H3,(H,14,15). The minimum Gasteiger partial charge on any atom is -0.481 e. The number of hydrogen-bond donors (Lipinski definition) is 1. The Morgan fingerprint density at radius 3 is 2.89 bits per heavy atom. The van der Waals surface area contributed by atoms with Crippen molar-refractivity contribution in [3.8, 4) is 0 Å². The molecule has 0 aliphatic heterocycles. The number of aromatic nitrogens is 1. The summed E-state index contributed by atoms with van der Waals surface area (Å²) < 4.78 is 4.91. The number of carbonyl (C=O) groups is 2. The van der Waals surface area contributed by atoms with Crippen LogP contribution in [0.4, 0.5) is 0 Å². The minimum absolute atomic E-state index is 0.295. The fourth-order valence-electron chi connectivity index (χ4n) is 1.15. The maximum Gasteiger partial charge on any atom is 0.340 e. The van der Waals surface area contributed by atoms with Gasteiger partial charge in [0.1, 0.15) is 5.03 Å². The van der Waals surface area contributed by atoms with Gasteiger partial charge in [-0.15, -0.1) is 11.8 Å². The summed E-state index contributed by atoms with van der Waals surface area (Å²) >= 11 is 1.24. The van der Waals surface area contributed by atoms with Crippen molar-refractivity contribution in [3.05, 3.63) is 23.9 Å². The van der Waals surface area contributed by atoms with Gasteiger partial charge in [0, 0.05) is 11.9 Å². The van der Waals surface area contributed by atoms with E-state index in [2.05, 4.69) is 4.98 Å². The number of esters is 1. The fraction of sp³-hybridized carbons (Fsp3) is 0.417. The van der Waals surface area contributed by atoms with Gasteiger partial charge in [0.2, 0.25) is 0 Å². The third kappa shape index (κ3) is 4.03. The zero-order chi connectivity index (χ0) is 13.5. The summed E-state index contributed by atoms with van der Waals surface area (Å²) in [7, 11) is 0. The van der Waals surface area contributed by atoms with Gasteiger partial charge in [-0.3, -0.25) is 4.79 Å². The molecule has 1 aromatic heterocycles. The van der Waals surface area contributed by atoms with Crippen LogP contribution in [0.2, 0.25) is 0 Å². The number of hydrogen-bond acceptors (Lipinski definition) is 5. The smallest absolute Gasteiger partial charge is 0.340 e. The number of carbonyl (C=O) groups excluding carboxylic acids is 1. The SMILES string of the molecule is CCOC(=O)c1cccnc1SCC(C)C(=O)O. The second-order valence-corrected chi connectivity index (χ2v) is 4.64. The lowest BCUT2D eigenvalue weighted by molar-refractivity contribution is -0.140. The highest BCUT2D eigenvalue weighted by atomic mass is 32.2. The maximum atomic E-state index is 11.7. The number of nitrogens with zero attached hydrogens (tertiary/aromatic N) is 1. The Bertz CT molecular complexity index is 436. The van der Waals surface area contributed by atoms with Crippen LogP contribution in [0.5, 0.6) is 0 Å². The number of aliphatic carboxylic acids is 1. The highest BCUT2D eigenvalue weighted by Gasteiger charge is 2.16. The number of rotatable bonds is 6. The van der Waals surface area contributed by atoms with Gasteiger partial charge in [-0.2, -0.15) is 0 Å². The zero-order valence-electron chi connectivity index (χ0n) is 10.3. The van der Waals surface area contributed by atoms with Crippen LogP contribution >= 0.6 is 11.8 Å². The Morgan fingerprint density at radius 2 is 2.28 bits per heavy atom. The lowest BCUT2D eigenvalue weighted by atomic mass is 10.2. The summed E-state index contributed by atoms with van der Waals surface area (Å²) in [6.45, 7) is 3.64. The first-order chi connectivity index (χ1) is 8.56. The van der Waals surface area contributed by atoms with E-state index in [-0.39, 0.29) is 0 Å². The van der Waals surface area contributed by atoms with E-state index in [1.807, 2.05) is 0 Å². The molecule has 1 heterocycles. The number of pyridine rings is 1. The summed E-state index contributed by atoms with van der Waals surface area (Å²) in [5, 5.41) is 9.30. The molecule has 18 heavy (non-hydrogen) atoms. The van der Waals surface area contributed by atoms with Crippen molar-refractivity contribution in [2.45, 2.75) is 18.9 Å². The van der Waals surface area contributed by atoms with Crippen molar-refractivity contribution < 1.29 is 19.4 Å². The number of ether oxygens (including phenoxy) is 1. The Labute approximate surface area is 110 Å². The van der Waals surface area contributed by atoms with E-state index in [1.165, 1.54) is 11.8 Å². The molecule has 0 bridgehead atoms. The van der Waals surface area contributed by atoms with E-state index in [0.29, 0.717) is 22.9 Å². The number of carboxylic acid groups (broad SMARTS) is 1. The molecule has 0 spiro atoms. The Hall–Kier alpha value is -1.56. The van der Waals surface area contributed by atoms with E-state index in [1.54, 1.807) is 32.2 Å². The van der Waals surface area contributed by atoms with Gasteiger partial charge < -0.3 is 9.84 Å². The van der Waals surface area contributed by atoms with E-state index < -0.39 is 17.9 Å². The monoisotopic (exact) mass is 269 g/mol. The predicted molar refractivity (Wildman–Crippen MR) is 67.7 cm³/mol. The first kappa shape index (κ1) is 14.5. The van der Waals surface area contributed by atoms with Crippen LogP contribution in [0.3, 0.4) is 0 Å². The van der Waals surface area contributed by atoms with Crippen molar-refractivity contribution in [1.82, 2.24) is 4.98 Å². The quantitative estimate of drug-likeness (QED) is 0.629. The first-order valence-corrected chi connectivity index (χ1v) is 6.52. The Morgan fingerprint density at radius 1 is 1.56 bits per heavy atom. The van der Waals surface area contributed by atoms with Gasteiger partial charge in [0.25, 0.3) is 0 Å². The van der Waals surface area contributed by atoms with Crippen molar-refractivity contribution in [2.24, 2.45) is 5.92 Å². The molecule has 1 N–H and O–H groups in total. The third-order valence-electron chi connectivity index (χ3n) is 2.16. The van der Waals surface area contributed by atoms with E-state index in [0.717, 1.165) is 0 Å². The van der Waals surface area contributed by atoms with Crippen LogP contribution in [-0.4, -0.2) is 34.4 Å². The summed E-state index contributed by atoms with van der Waals surface area (Å²) in [6.07, 6.45) is 1.57. The highest BCUT2D eigenvalue weighted by Crippen LogP contribution is 2.23. The predicted octanol–water partition coefficient (Wildman–Crippen LogP) is 2.07. The average molecular weight is 269 g/mol. The van der Waals surface area contributed by atoms with E-state index >= 15 is 0 Å². The van der Waals surface area contributed by atoms with Crippen LogP contribution in [-0.2, 0) is 9.53 Å². The van der Waals surface area contributed by atoms with Crippen LogP contribution < -0.4 is 0 Å². The molecule has 0 aliphatic carbocycles. The summed E-state index contributed by atoms with van der Waals surface area (Å²) in [4.78, 5) is 26.5. The molecule has 0 aromatic carbocycles. The summed E-state index contributed by atoms with van der Waals surface area (Å²) in [5.74, 6) is -1.43. The normalized spacial score (nSPS) is 11.9. The topological polar surface area (TPSA) is 76.5 Å². The molecule has 98 valence electrons. The van der Waals surface area contributed by atoms with Gasteiger partial charge in [0.15, 0.2) is 0 Å². The molecule has 0 amide bonds. The summed E-state index contributed by atoms with van der Waals surface area (Å²) in [6, 6.07) is 3.27. The minimum atomic E-state index is -0.865. The molecule has 0 fully saturated rings. The maximum absolute atomic E-state index is 11.7. The molecule has 0 saturated heterocycles. The molecule has 6 heteroatoms. The Kier molecular flexibility index (Phi) is 5.64. The molecular weight excluding hydrogens is 254 g/mol. The third-order valence-corrected chi connectivity index (χ3v) is 3.42. The molecule has 1 aromatic rings. The van der Waals surface area contributed by atoms with Crippen LogP contribution in [0, 0.1) is 5.92 Å². The van der Waals surface area contributed by atoms with E-state index in [4.69, 9.17) is 9.84 Å². The highest BCUT2D eigenvalue weighted by molar-refractivity contribution is 7.99. The average Bonchev–Trinajstić information content (AvgIpc) is 2.36. The largest absolute Gasteiger partial charge is 0.481 e.